The average Bonchev–Trinajstić information content (AvgIpc) is 3.21. The van der Waals surface area contributed by atoms with Gasteiger partial charge in [0.15, 0.2) is 0 Å². The van der Waals surface area contributed by atoms with Crippen molar-refractivity contribution in [2.75, 3.05) is 23.9 Å². The van der Waals surface area contributed by atoms with E-state index >= 15 is 0 Å². The van der Waals surface area contributed by atoms with E-state index in [0.717, 1.165) is 12.3 Å². The van der Waals surface area contributed by atoms with Gasteiger partial charge < -0.3 is 15.0 Å². The summed E-state index contributed by atoms with van der Waals surface area (Å²) in [5.74, 6) is -1.22. The lowest BCUT2D eigenvalue weighted by Crippen LogP contribution is -2.34. The van der Waals surface area contributed by atoms with Crippen molar-refractivity contribution >= 4 is 34.2 Å². The highest BCUT2D eigenvalue weighted by atomic mass is 32.1. The van der Waals surface area contributed by atoms with Crippen molar-refractivity contribution in [3.05, 3.63) is 35.0 Å². The van der Waals surface area contributed by atoms with Gasteiger partial charge in [-0.25, -0.2) is 14.8 Å². The smallest absolute Gasteiger partial charge is 0.433 e. The number of methoxy groups -OCH3 is 1. The van der Waals surface area contributed by atoms with E-state index < -0.39 is 23.9 Å². The van der Waals surface area contributed by atoms with Gasteiger partial charge in [-0.3, -0.25) is 4.79 Å². The molecule has 1 saturated heterocycles. The van der Waals surface area contributed by atoms with Gasteiger partial charge in [0.25, 0.3) is 0 Å². The number of ether oxygens (including phenoxy) is 1. The van der Waals surface area contributed by atoms with Crippen LogP contribution in [0.4, 0.5) is 24.1 Å². The van der Waals surface area contributed by atoms with Gasteiger partial charge in [-0.05, 0) is 23.9 Å². The Bertz CT molecular complexity index is 840. The number of hydrogen-bond acceptors (Lipinski definition) is 7. The molecule has 1 unspecified atom stereocenters. The van der Waals surface area contributed by atoms with Crippen LogP contribution in [0.15, 0.2) is 23.7 Å². The Kier molecular flexibility index (Phi) is 4.81. The summed E-state index contributed by atoms with van der Waals surface area (Å²) in [5.41, 5.74) is -0.828. The van der Waals surface area contributed by atoms with Crippen molar-refractivity contribution in [1.29, 1.82) is 0 Å². The molecular weight excluding hydrogens is 373 g/mol. The predicted molar refractivity (Wildman–Crippen MR) is 87.1 cm³/mol. The fraction of sp³-hybridized carbons (Fsp3) is 0.333. The monoisotopic (exact) mass is 386 g/mol. The van der Waals surface area contributed by atoms with E-state index in [4.69, 9.17) is 0 Å². The van der Waals surface area contributed by atoms with Crippen LogP contribution in [-0.2, 0) is 15.7 Å². The minimum absolute atomic E-state index is 0.266. The lowest BCUT2D eigenvalue weighted by Gasteiger charge is -2.17. The first-order chi connectivity index (χ1) is 12.3. The quantitative estimate of drug-likeness (QED) is 0.813. The largest absolute Gasteiger partial charge is 0.465 e. The lowest BCUT2D eigenvalue weighted by molar-refractivity contribution is -0.141. The van der Waals surface area contributed by atoms with Gasteiger partial charge in [0.1, 0.15) is 16.7 Å². The SMILES string of the molecule is COC(=O)c1ccsc1N1CCC(Nc2nccc(C(F)(F)F)n2)C1=O. The minimum Gasteiger partial charge on any atom is -0.465 e. The molecule has 2 aromatic heterocycles. The molecule has 1 aliphatic heterocycles. The number of nitrogens with zero attached hydrogens (tertiary/aromatic N) is 3. The van der Waals surface area contributed by atoms with Crippen molar-refractivity contribution < 1.29 is 27.5 Å². The van der Waals surface area contributed by atoms with Crippen molar-refractivity contribution in [2.24, 2.45) is 0 Å². The number of esters is 1. The molecule has 0 bridgehead atoms. The number of carbonyl (C=O) groups is 2. The Morgan fingerprint density at radius 2 is 2.19 bits per heavy atom. The second kappa shape index (κ2) is 6.90. The molecule has 1 N–H and O–H groups in total. The maximum absolute atomic E-state index is 12.7. The molecule has 0 aliphatic carbocycles. The Morgan fingerprint density at radius 1 is 1.42 bits per heavy atom. The number of aromatic nitrogens is 2. The summed E-state index contributed by atoms with van der Waals surface area (Å²) in [7, 11) is 1.24. The van der Waals surface area contributed by atoms with Crippen LogP contribution in [0.1, 0.15) is 22.5 Å². The first-order valence-corrected chi connectivity index (χ1v) is 8.33. The maximum atomic E-state index is 12.7. The number of carbonyl (C=O) groups excluding carboxylic acids is 2. The molecule has 0 saturated carbocycles. The van der Waals surface area contributed by atoms with Gasteiger partial charge in [0.05, 0.1) is 12.7 Å². The van der Waals surface area contributed by atoms with E-state index in [1.807, 2.05) is 0 Å². The summed E-state index contributed by atoms with van der Waals surface area (Å²) in [6, 6.07) is 1.52. The summed E-state index contributed by atoms with van der Waals surface area (Å²) in [4.78, 5) is 32.9. The van der Waals surface area contributed by atoms with E-state index in [-0.39, 0.29) is 17.4 Å². The zero-order valence-electron chi connectivity index (χ0n) is 13.4. The van der Waals surface area contributed by atoms with Crippen LogP contribution in [-0.4, -0.2) is 41.5 Å². The Morgan fingerprint density at radius 3 is 2.88 bits per heavy atom. The molecule has 1 amide bonds. The van der Waals surface area contributed by atoms with Gasteiger partial charge in [-0.2, -0.15) is 13.2 Å². The second-order valence-electron chi connectivity index (χ2n) is 5.37. The number of nitrogens with one attached hydrogen (secondary N) is 1. The van der Waals surface area contributed by atoms with Crippen LogP contribution in [0.25, 0.3) is 0 Å². The molecule has 0 aromatic carbocycles. The van der Waals surface area contributed by atoms with Gasteiger partial charge in [-0.15, -0.1) is 11.3 Å². The lowest BCUT2D eigenvalue weighted by atomic mass is 10.2. The van der Waals surface area contributed by atoms with Crippen molar-refractivity contribution in [2.45, 2.75) is 18.6 Å². The average molecular weight is 386 g/mol. The Balaban J connectivity index is 1.76. The fourth-order valence-electron chi connectivity index (χ4n) is 2.53. The third kappa shape index (κ3) is 3.47. The number of amides is 1. The van der Waals surface area contributed by atoms with Gasteiger partial charge >= 0.3 is 12.1 Å². The van der Waals surface area contributed by atoms with E-state index in [0.29, 0.717) is 18.0 Å². The van der Waals surface area contributed by atoms with Crippen molar-refractivity contribution in [1.82, 2.24) is 9.97 Å². The Hall–Kier alpha value is -2.69. The summed E-state index contributed by atoms with van der Waals surface area (Å²) in [6.07, 6.45) is -3.29. The molecule has 11 heteroatoms. The van der Waals surface area contributed by atoms with Crippen LogP contribution in [0.5, 0.6) is 0 Å². The van der Waals surface area contributed by atoms with Gasteiger partial charge in [-0.1, -0.05) is 0 Å². The standard InChI is InChI=1S/C15H13F3N4O3S/c1-25-13(24)8-4-7-26-12(8)22-6-3-9(11(22)23)20-14-19-5-2-10(21-14)15(16,17)18/h2,4-5,7,9H,3,6H2,1H3,(H,19,20,21). The molecule has 1 fully saturated rings. The molecule has 3 heterocycles. The molecule has 2 aromatic rings. The molecule has 1 aliphatic rings. The van der Waals surface area contributed by atoms with Crippen LogP contribution in [0, 0.1) is 0 Å². The number of thiophene rings is 1. The topological polar surface area (TPSA) is 84.4 Å². The predicted octanol–water partition coefficient (Wildman–Crippen LogP) is 2.56. The maximum Gasteiger partial charge on any atom is 0.433 e. The first-order valence-electron chi connectivity index (χ1n) is 7.45. The molecule has 1 atom stereocenters. The first kappa shape index (κ1) is 18.1. The van der Waals surface area contributed by atoms with E-state index in [9.17, 15) is 22.8 Å². The summed E-state index contributed by atoms with van der Waals surface area (Å²) >= 11 is 1.20. The van der Waals surface area contributed by atoms with Gasteiger partial charge in [0.2, 0.25) is 11.9 Å². The van der Waals surface area contributed by atoms with Crippen LogP contribution < -0.4 is 10.2 Å². The normalized spacial score (nSPS) is 17.5. The van der Waals surface area contributed by atoms with Crippen LogP contribution in [0.3, 0.4) is 0 Å². The van der Waals surface area contributed by atoms with Crippen molar-refractivity contribution in [3.63, 3.8) is 0 Å². The highest BCUT2D eigenvalue weighted by Gasteiger charge is 2.37. The molecule has 3 rings (SSSR count). The third-order valence-corrected chi connectivity index (χ3v) is 4.69. The molecule has 138 valence electrons. The number of rotatable bonds is 4. The summed E-state index contributed by atoms with van der Waals surface area (Å²) in [5, 5.41) is 4.73. The zero-order valence-corrected chi connectivity index (χ0v) is 14.2. The molecule has 26 heavy (non-hydrogen) atoms. The number of anilines is 2. The second-order valence-corrected chi connectivity index (χ2v) is 6.26. The fourth-order valence-corrected chi connectivity index (χ4v) is 3.45. The summed E-state index contributed by atoms with van der Waals surface area (Å²) < 4.78 is 42.9. The van der Waals surface area contributed by atoms with Gasteiger partial charge in [0, 0.05) is 12.7 Å². The van der Waals surface area contributed by atoms with Crippen LogP contribution >= 0.6 is 11.3 Å². The number of alkyl halides is 3. The summed E-state index contributed by atoms with van der Waals surface area (Å²) in [6.45, 7) is 0.306. The molecule has 0 spiro atoms. The van der Waals surface area contributed by atoms with E-state index in [1.54, 1.807) is 11.4 Å². The highest BCUT2D eigenvalue weighted by Crippen LogP contribution is 2.32. The zero-order chi connectivity index (χ0) is 18.9. The van der Waals surface area contributed by atoms with Crippen molar-refractivity contribution in [3.8, 4) is 0 Å². The number of hydrogen-bond donors (Lipinski definition) is 1. The highest BCUT2D eigenvalue weighted by molar-refractivity contribution is 7.14. The molecular formula is C15H13F3N4O3S. The van der Waals surface area contributed by atoms with Crippen LogP contribution in [0.2, 0.25) is 0 Å². The Labute approximate surface area is 149 Å². The third-order valence-electron chi connectivity index (χ3n) is 3.75. The minimum atomic E-state index is -4.60. The molecule has 0 radical (unpaired) electrons. The van der Waals surface area contributed by atoms with E-state index in [2.05, 4.69) is 20.0 Å². The van der Waals surface area contributed by atoms with E-state index in [1.165, 1.54) is 23.3 Å². The number of halogens is 3. The molecule has 7 nitrogen and oxygen atoms in total.